The molecular formula is C16H14ClN3O3S. The number of halogens is 1. The van der Waals surface area contributed by atoms with Gasteiger partial charge in [-0.05, 0) is 30.3 Å². The summed E-state index contributed by atoms with van der Waals surface area (Å²) in [6.45, 7) is 0.199. The average Bonchev–Trinajstić information content (AvgIpc) is 2.94. The number of benzene rings is 2. The molecule has 6 nitrogen and oxygen atoms in total. The SMILES string of the molecule is CS(=O)(=O)c1cc(C(=O)NCc2nc3ccccc3[nH]2)ccc1Cl. The molecule has 0 bridgehead atoms. The molecule has 0 aliphatic heterocycles. The lowest BCUT2D eigenvalue weighted by molar-refractivity contribution is 0.0950. The molecular weight excluding hydrogens is 350 g/mol. The van der Waals surface area contributed by atoms with Crippen LogP contribution in [-0.4, -0.2) is 30.5 Å². The van der Waals surface area contributed by atoms with Crippen LogP contribution in [0.25, 0.3) is 11.0 Å². The maximum absolute atomic E-state index is 12.2. The fourth-order valence-electron chi connectivity index (χ4n) is 2.28. The number of hydrogen-bond donors (Lipinski definition) is 2. The Bertz CT molecular complexity index is 995. The van der Waals surface area contributed by atoms with Crippen LogP contribution in [0.3, 0.4) is 0 Å². The number of para-hydroxylation sites is 2. The largest absolute Gasteiger partial charge is 0.345 e. The van der Waals surface area contributed by atoms with Crippen LogP contribution in [0.2, 0.25) is 5.02 Å². The maximum atomic E-state index is 12.2. The zero-order valence-electron chi connectivity index (χ0n) is 12.7. The van der Waals surface area contributed by atoms with Gasteiger partial charge in [0.15, 0.2) is 9.84 Å². The average molecular weight is 364 g/mol. The molecule has 0 atom stereocenters. The summed E-state index contributed by atoms with van der Waals surface area (Å²) in [7, 11) is -3.50. The molecule has 8 heteroatoms. The van der Waals surface area contributed by atoms with Gasteiger partial charge in [-0.2, -0.15) is 0 Å². The van der Waals surface area contributed by atoms with E-state index < -0.39 is 15.7 Å². The standard InChI is InChI=1S/C16H14ClN3O3S/c1-24(22,23)14-8-10(6-7-11(14)17)16(21)18-9-15-19-12-4-2-3-5-13(12)20-15/h2-8H,9H2,1H3,(H,18,21)(H,19,20). The number of aromatic amines is 1. The van der Waals surface area contributed by atoms with Crippen molar-refractivity contribution in [2.24, 2.45) is 0 Å². The van der Waals surface area contributed by atoms with E-state index in [1.807, 2.05) is 24.3 Å². The number of fused-ring (bicyclic) bond motifs is 1. The van der Waals surface area contributed by atoms with Crippen LogP contribution in [0.15, 0.2) is 47.4 Å². The van der Waals surface area contributed by atoms with Crippen molar-refractivity contribution >= 4 is 38.4 Å². The van der Waals surface area contributed by atoms with Crippen molar-refractivity contribution in [1.29, 1.82) is 0 Å². The van der Waals surface area contributed by atoms with Gasteiger partial charge in [0, 0.05) is 11.8 Å². The molecule has 0 fully saturated rings. The summed E-state index contributed by atoms with van der Waals surface area (Å²) >= 11 is 5.88. The van der Waals surface area contributed by atoms with E-state index in [2.05, 4.69) is 15.3 Å². The van der Waals surface area contributed by atoms with E-state index in [4.69, 9.17) is 11.6 Å². The first-order valence-corrected chi connectivity index (χ1v) is 9.33. The van der Waals surface area contributed by atoms with Gasteiger partial charge in [0.1, 0.15) is 5.82 Å². The summed E-state index contributed by atoms with van der Waals surface area (Å²) in [6.07, 6.45) is 1.05. The molecule has 124 valence electrons. The van der Waals surface area contributed by atoms with E-state index in [1.54, 1.807) is 0 Å². The second-order valence-corrected chi connectivity index (χ2v) is 7.69. The molecule has 0 saturated heterocycles. The highest BCUT2D eigenvalue weighted by molar-refractivity contribution is 7.90. The van der Waals surface area contributed by atoms with E-state index >= 15 is 0 Å². The summed E-state index contributed by atoms with van der Waals surface area (Å²) in [5, 5.41) is 2.79. The van der Waals surface area contributed by atoms with Crippen LogP contribution in [0.1, 0.15) is 16.2 Å². The highest BCUT2D eigenvalue weighted by atomic mass is 35.5. The molecule has 24 heavy (non-hydrogen) atoms. The number of carbonyl (C=O) groups excluding carboxylic acids is 1. The number of rotatable bonds is 4. The third kappa shape index (κ3) is 3.42. The van der Waals surface area contributed by atoms with Gasteiger partial charge in [-0.25, -0.2) is 13.4 Å². The molecule has 3 aromatic rings. The number of carbonyl (C=O) groups is 1. The minimum Gasteiger partial charge on any atom is -0.345 e. The first kappa shape index (κ1) is 16.5. The third-order valence-electron chi connectivity index (χ3n) is 3.45. The second kappa shape index (κ2) is 6.26. The van der Waals surface area contributed by atoms with Crippen molar-refractivity contribution in [2.75, 3.05) is 6.26 Å². The van der Waals surface area contributed by atoms with Gasteiger partial charge >= 0.3 is 0 Å². The Balaban J connectivity index is 1.77. The smallest absolute Gasteiger partial charge is 0.251 e. The lowest BCUT2D eigenvalue weighted by atomic mass is 10.2. The molecule has 0 spiro atoms. The molecule has 0 aliphatic rings. The molecule has 2 aromatic carbocycles. The van der Waals surface area contributed by atoms with Crippen molar-refractivity contribution in [3.05, 3.63) is 58.9 Å². The minimum atomic E-state index is -3.50. The van der Waals surface area contributed by atoms with Crippen LogP contribution < -0.4 is 5.32 Å². The number of nitrogens with one attached hydrogen (secondary N) is 2. The quantitative estimate of drug-likeness (QED) is 0.745. The molecule has 3 rings (SSSR count). The van der Waals surface area contributed by atoms with E-state index in [0.717, 1.165) is 17.3 Å². The van der Waals surface area contributed by atoms with E-state index in [-0.39, 0.29) is 22.0 Å². The Hall–Kier alpha value is -2.38. The Labute approximate surface area is 143 Å². The van der Waals surface area contributed by atoms with Crippen LogP contribution in [0, 0.1) is 0 Å². The molecule has 0 unspecified atom stereocenters. The normalized spacial score (nSPS) is 11.6. The van der Waals surface area contributed by atoms with Gasteiger partial charge < -0.3 is 10.3 Å². The van der Waals surface area contributed by atoms with E-state index in [1.165, 1.54) is 18.2 Å². The Morgan fingerprint density at radius 2 is 2.00 bits per heavy atom. The molecule has 2 N–H and O–H groups in total. The molecule has 1 heterocycles. The van der Waals surface area contributed by atoms with Crippen LogP contribution >= 0.6 is 11.6 Å². The molecule has 0 radical (unpaired) electrons. The summed E-state index contributed by atoms with van der Waals surface area (Å²) in [4.78, 5) is 19.6. The monoisotopic (exact) mass is 363 g/mol. The first-order chi connectivity index (χ1) is 11.3. The van der Waals surface area contributed by atoms with Gasteiger partial charge in [0.2, 0.25) is 0 Å². The van der Waals surface area contributed by atoms with Crippen molar-refractivity contribution in [2.45, 2.75) is 11.4 Å². The lowest BCUT2D eigenvalue weighted by Gasteiger charge is -2.07. The van der Waals surface area contributed by atoms with Gasteiger partial charge in [-0.3, -0.25) is 4.79 Å². The first-order valence-electron chi connectivity index (χ1n) is 7.06. The number of aromatic nitrogens is 2. The number of amides is 1. The van der Waals surface area contributed by atoms with Gasteiger partial charge in [-0.1, -0.05) is 23.7 Å². The third-order valence-corrected chi connectivity index (χ3v) is 5.03. The summed E-state index contributed by atoms with van der Waals surface area (Å²) in [6, 6.07) is 11.7. The Morgan fingerprint density at radius 1 is 1.25 bits per heavy atom. The molecule has 1 amide bonds. The van der Waals surface area contributed by atoms with Crippen LogP contribution in [0.4, 0.5) is 0 Å². The summed E-state index contributed by atoms with van der Waals surface area (Å²) < 4.78 is 23.4. The zero-order valence-corrected chi connectivity index (χ0v) is 14.3. The highest BCUT2D eigenvalue weighted by Crippen LogP contribution is 2.22. The van der Waals surface area contributed by atoms with Crippen LogP contribution in [0.5, 0.6) is 0 Å². The van der Waals surface area contributed by atoms with Gasteiger partial charge in [0.05, 0.1) is 27.5 Å². The lowest BCUT2D eigenvalue weighted by Crippen LogP contribution is -2.23. The van der Waals surface area contributed by atoms with Crippen molar-refractivity contribution in [1.82, 2.24) is 15.3 Å². The minimum absolute atomic E-state index is 0.0689. The predicted molar refractivity (Wildman–Crippen MR) is 91.8 cm³/mol. The number of nitrogens with zero attached hydrogens (tertiary/aromatic N) is 1. The maximum Gasteiger partial charge on any atom is 0.251 e. The summed E-state index contributed by atoms with van der Waals surface area (Å²) in [5.41, 5.74) is 1.91. The van der Waals surface area contributed by atoms with E-state index in [9.17, 15) is 13.2 Å². The van der Waals surface area contributed by atoms with E-state index in [0.29, 0.717) is 5.82 Å². The predicted octanol–water partition coefficient (Wildman–Crippen LogP) is 2.55. The molecule has 1 aromatic heterocycles. The van der Waals surface area contributed by atoms with Crippen molar-refractivity contribution in [3.63, 3.8) is 0 Å². The Morgan fingerprint density at radius 3 is 2.71 bits per heavy atom. The second-order valence-electron chi connectivity index (χ2n) is 5.30. The topological polar surface area (TPSA) is 91.9 Å². The number of hydrogen-bond acceptors (Lipinski definition) is 4. The Kier molecular flexibility index (Phi) is 4.29. The van der Waals surface area contributed by atoms with Crippen molar-refractivity contribution < 1.29 is 13.2 Å². The van der Waals surface area contributed by atoms with Crippen molar-refractivity contribution in [3.8, 4) is 0 Å². The zero-order chi connectivity index (χ0) is 17.3. The van der Waals surface area contributed by atoms with Gasteiger partial charge in [-0.15, -0.1) is 0 Å². The number of H-pyrrole nitrogens is 1. The fourth-order valence-corrected chi connectivity index (χ4v) is 3.59. The molecule has 0 aliphatic carbocycles. The number of imidazole rings is 1. The van der Waals surface area contributed by atoms with Gasteiger partial charge in [0.25, 0.3) is 5.91 Å². The fraction of sp³-hybridized carbons (Fsp3) is 0.125. The highest BCUT2D eigenvalue weighted by Gasteiger charge is 2.16. The molecule has 0 saturated carbocycles. The number of sulfone groups is 1. The summed E-state index contributed by atoms with van der Waals surface area (Å²) in [5.74, 6) is 0.207. The van der Waals surface area contributed by atoms with Crippen LogP contribution in [-0.2, 0) is 16.4 Å².